The number of carbonyl (C=O) groups excluding carboxylic acids is 2. The van der Waals surface area contributed by atoms with Gasteiger partial charge in [0, 0.05) is 12.2 Å². The second-order valence-electron chi connectivity index (χ2n) is 5.89. The Morgan fingerprint density at radius 2 is 1.90 bits per heavy atom. The molecule has 1 saturated carbocycles. The molecule has 0 saturated heterocycles. The van der Waals surface area contributed by atoms with Crippen LogP contribution in [-0.2, 0) is 9.59 Å². The molecule has 1 aliphatic carbocycles. The van der Waals surface area contributed by atoms with Gasteiger partial charge in [-0.3, -0.25) is 9.59 Å². The number of amides is 2. The molecule has 2 N–H and O–H groups in total. The van der Waals surface area contributed by atoms with Crippen LogP contribution in [-0.4, -0.2) is 18.4 Å². The van der Waals surface area contributed by atoms with Gasteiger partial charge in [0.05, 0.1) is 0 Å². The smallest absolute Gasteiger partial charge is 0.240 e. The van der Waals surface area contributed by atoms with E-state index in [1.165, 1.54) is 0 Å². The van der Waals surface area contributed by atoms with Crippen molar-refractivity contribution >= 4 is 17.5 Å². The number of aryl methyl sites for hydroxylation is 1. The van der Waals surface area contributed by atoms with E-state index in [9.17, 15) is 9.59 Å². The summed E-state index contributed by atoms with van der Waals surface area (Å²) >= 11 is 0. The molecule has 0 bridgehead atoms. The first-order valence-electron chi connectivity index (χ1n) is 7.67. The molecule has 21 heavy (non-hydrogen) atoms. The lowest BCUT2D eigenvalue weighted by molar-refractivity contribution is -0.134. The molecule has 0 radical (unpaired) electrons. The van der Waals surface area contributed by atoms with Crippen LogP contribution in [0.25, 0.3) is 0 Å². The first-order chi connectivity index (χ1) is 10.0. The van der Waals surface area contributed by atoms with E-state index in [0.717, 1.165) is 29.7 Å². The van der Waals surface area contributed by atoms with Crippen molar-refractivity contribution < 1.29 is 9.59 Å². The maximum atomic E-state index is 12.5. The molecule has 114 valence electrons. The highest BCUT2D eigenvalue weighted by Crippen LogP contribution is 2.47. The number of benzene rings is 1. The fraction of sp³-hybridized carbons (Fsp3) is 0.529. The van der Waals surface area contributed by atoms with Gasteiger partial charge in [-0.25, -0.2) is 0 Å². The number of anilines is 1. The Hall–Kier alpha value is -1.84. The van der Waals surface area contributed by atoms with Gasteiger partial charge in [-0.05, 0) is 50.3 Å². The Labute approximate surface area is 126 Å². The van der Waals surface area contributed by atoms with Crippen LogP contribution >= 0.6 is 0 Å². The minimum atomic E-state index is -0.843. The van der Waals surface area contributed by atoms with Crippen LogP contribution < -0.4 is 10.6 Å². The topological polar surface area (TPSA) is 58.2 Å². The van der Waals surface area contributed by atoms with E-state index < -0.39 is 5.41 Å². The summed E-state index contributed by atoms with van der Waals surface area (Å²) in [4.78, 5) is 24.7. The lowest BCUT2D eigenvalue weighted by Crippen LogP contribution is -2.40. The highest BCUT2D eigenvalue weighted by Gasteiger charge is 2.56. The molecule has 2 rings (SSSR count). The monoisotopic (exact) mass is 288 g/mol. The standard InChI is InChI=1S/C17H24N2O2/c1-4-5-11-18-15(20)17(9-10-17)16(21)19-14-8-6-7-12(2)13(14)3/h6-8H,4-5,9-11H2,1-3H3,(H,18,20)(H,19,21). The van der Waals surface area contributed by atoms with Gasteiger partial charge in [-0.15, -0.1) is 0 Å². The Morgan fingerprint density at radius 3 is 2.52 bits per heavy atom. The molecular formula is C17H24N2O2. The van der Waals surface area contributed by atoms with Crippen molar-refractivity contribution in [2.24, 2.45) is 5.41 Å². The summed E-state index contributed by atoms with van der Waals surface area (Å²) in [7, 11) is 0. The Morgan fingerprint density at radius 1 is 1.19 bits per heavy atom. The third-order valence-corrected chi connectivity index (χ3v) is 4.29. The van der Waals surface area contributed by atoms with Crippen molar-refractivity contribution in [3.05, 3.63) is 29.3 Å². The number of hydrogen-bond acceptors (Lipinski definition) is 2. The molecule has 0 aliphatic heterocycles. The molecule has 0 unspecified atom stereocenters. The number of nitrogens with one attached hydrogen (secondary N) is 2. The van der Waals surface area contributed by atoms with E-state index in [0.29, 0.717) is 19.4 Å². The van der Waals surface area contributed by atoms with E-state index in [-0.39, 0.29) is 11.8 Å². The Balaban J connectivity index is 2.02. The fourth-order valence-electron chi connectivity index (χ4n) is 2.36. The van der Waals surface area contributed by atoms with Crippen molar-refractivity contribution in [1.29, 1.82) is 0 Å². The molecule has 1 aromatic carbocycles. The molecule has 0 atom stereocenters. The minimum Gasteiger partial charge on any atom is -0.355 e. The van der Waals surface area contributed by atoms with Crippen molar-refractivity contribution in [3.63, 3.8) is 0 Å². The summed E-state index contributed by atoms with van der Waals surface area (Å²) in [5, 5.41) is 5.80. The lowest BCUT2D eigenvalue weighted by atomic mass is 10.0. The van der Waals surface area contributed by atoms with Gasteiger partial charge in [0.25, 0.3) is 0 Å². The second-order valence-corrected chi connectivity index (χ2v) is 5.89. The third-order valence-electron chi connectivity index (χ3n) is 4.29. The number of hydrogen-bond donors (Lipinski definition) is 2. The quantitative estimate of drug-likeness (QED) is 0.624. The van der Waals surface area contributed by atoms with Crippen molar-refractivity contribution in [3.8, 4) is 0 Å². The van der Waals surface area contributed by atoms with Crippen LogP contribution in [0.1, 0.15) is 43.7 Å². The fourth-order valence-corrected chi connectivity index (χ4v) is 2.36. The van der Waals surface area contributed by atoms with Gasteiger partial charge in [0.2, 0.25) is 11.8 Å². The van der Waals surface area contributed by atoms with Crippen LogP contribution in [0, 0.1) is 19.3 Å². The Bertz CT molecular complexity index is 548. The summed E-state index contributed by atoms with van der Waals surface area (Å²) < 4.78 is 0. The zero-order chi connectivity index (χ0) is 15.5. The highest BCUT2D eigenvalue weighted by molar-refractivity contribution is 6.13. The predicted molar refractivity (Wildman–Crippen MR) is 84.1 cm³/mol. The molecule has 0 spiro atoms. The molecule has 4 nitrogen and oxygen atoms in total. The molecule has 1 aliphatic rings. The van der Waals surface area contributed by atoms with Gasteiger partial charge in [-0.2, -0.15) is 0 Å². The van der Waals surface area contributed by atoms with E-state index in [4.69, 9.17) is 0 Å². The van der Waals surface area contributed by atoms with E-state index in [1.54, 1.807) is 0 Å². The molecule has 1 aromatic rings. The third kappa shape index (κ3) is 3.26. The average Bonchev–Trinajstić information content (AvgIpc) is 3.25. The van der Waals surface area contributed by atoms with Crippen molar-refractivity contribution in [1.82, 2.24) is 5.32 Å². The van der Waals surface area contributed by atoms with E-state index >= 15 is 0 Å². The average molecular weight is 288 g/mol. The molecule has 0 aromatic heterocycles. The number of rotatable bonds is 6. The largest absolute Gasteiger partial charge is 0.355 e. The maximum Gasteiger partial charge on any atom is 0.240 e. The molecule has 4 heteroatoms. The SMILES string of the molecule is CCCCNC(=O)C1(C(=O)Nc2cccc(C)c2C)CC1. The van der Waals surface area contributed by atoms with Gasteiger partial charge in [-0.1, -0.05) is 25.5 Å². The van der Waals surface area contributed by atoms with Crippen LogP contribution in [0.5, 0.6) is 0 Å². The Kier molecular flexibility index (Phi) is 4.66. The normalized spacial score (nSPS) is 15.4. The molecule has 2 amide bonds. The van der Waals surface area contributed by atoms with E-state index in [1.807, 2.05) is 32.0 Å². The van der Waals surface area contributed by atoms with Crippen molar-refractivity contribution in [2.45, 2.75) is 46.5 Å². The number of unbranched alkanes of at least 4 members (excludes halogenated alkanes) is 1. The van der Waals surface area contributed by atoms with Gasteiger partial charge < -0.3 is 10.6 Å². The van der Waals surface area contributed by atoms with Crippen LogP contribution in [0.15, 0.2) is 18.2 Å². The van der Waals surface area contributed by atoms with E-state index in [2.05, 4.69) is 17.6 Å². The first kappa shape index (κ1) is 15.5. The van der Waals surface area contributed by atoms with Gasteiger partial charge >= 0.3 is 0 Å². The minimum absolute atomic E-state index is 0.126. The second kappa shape index (κ2) is 6.29. The van der Waals surface area contributed by atoms with Crippen LogP contribution in [0.4, 0.5) is 5.69 Å². The molecule has 1 fully saturated rings. The summed E-state index contributed by atoms with van der Waals surface area (Å²) in [5.41, 5.74) is 2.13. The zero-order valence-electron chi connectivity index (χ0n) is 13.1. The van der Waals surface area contributed by atoms with Gasteiger partial charge in [0.1, 0.15) is 5.41 Å². The summed E-state index contributed by atoms with van der Waals surface area (Å²) in [6.45, 7) is 6.71. The molecular weight excluding hydrogens is 264 g/mol. The summed E-state index contributed by atoms with van der Waals surface area (Å²) in [6.07, 6.45) is 3.26. The predicted octanol–water partition coefficient (Wildman–Crippen LogP) is 2.94. The maximum absolute atomic E-state index is 12.5. The van der Waals surface area contributed by atoms with Crippen molar-refractivity contribution in [2.75, 3.05) is 11.9 Å². The zero-order valence-corrected chi connectivity index (χ0v) is 13.1. The molecule has 0 heterocycles. The van der Waals surface area contributed by atoms with Crippen LogP contribution in [0.3, 0.4) is 0 Å². The number of carbonyl (C=O) groups is 2. The lowest BCUT2D eigenvalue weighted by Gasteiger charge is -2.17. The highest BCUT2D eigenvalue weighted by atomic mass is 16.2. The summed E-state index contributed by atoms with van der Waals surface area (Å²) in [6, 6.07) is 5.81. The van der Waals surface area contributed by atoms with Crippen LogP contribution in [0.2, 0.25) is 0 Å². The first-order valence-corrected chi connectivity index (χ1v) is 7.67. The van der Waals surface area contributed by atoms with Gasteiger partial charge in [0.15, 0.2) is 0 Å². The summed E-state index contributed by atoms with van der Waals surface area (Å²) in [5.74, 6) is -0.302.